The third-order valence-electron chi connectivity index (χ3n) is 3.18. The Kier molecular flexibility index (Phi) is 3.65. The fourth-order valence-corrected chi connectivity index (χ4v) is 2.08. The smallest absolute Gasteiger partial charge is 0.255 e. The van der Waals surface area contributed by atoms with Gasteiger partial charge in [0.05, 0.1) is 5.97 Å². The highest BCUT2D eigenvalue weighted by Gasteiger charge is 2.15. The number of rotatable bonds is 3. The van der Waals surface area contributed by atoms with Gasteiger partial charge in [-0.25, -0.2) is 0 Å². The first-order valence-corrected chi connectivity index (χ1v) is 6.66. The van der Waals surface area contributed by atoms with Gasteiger partial charge in [-0.1, -0.05) is 12.1 Å². The van der Waals surface area contributed by atoms with Crippen LogP contribution in [-0.2, 0) is 0 Å². The first-order valence-electron chi connectivity index (χ1n) is 6.66. The number of amides is 1. The summed E-state index contributed by atoms with van der Waals surface area (Å²) in [6.45, 7) is 0.937. The molecule has 1 N–H and O–H groups in total. The van der Waals surface area contributed by atoms with Crippen molar-refractivity contribution in [2.75, 3.05) is 18.5 Å². The average Bonchev–Trinajstić information content (AvgIpc) is 2.55. The van der Waals surface area contributed by atoms with Crippen molar-refractivity contribution in [3.05, 3.63) is 53.6 Å². The summed E-state index contributed by atoms with van der Waals surface area (Å²) >= 11 is 0. The summed E-state index contributed by atoms with van der Waals surface area (Å²) in [7, 11) is 0. The van der Waals surface area contributed by atoms with E-state index < -0.39 is 5.97 Å². The SMILES string of the molecule is O=C([O-])c1ccc(NC(=O)c2ccc3c(c2)OCCO3)cc1. The maximum Gasteiger partial charge on any atom is 0.255 e. The molecule has 2 aromatic rings. The summed E-state index contributed by atoms with van der Waals surface area (Å²) in [5, 5.41) is 13.4. The molecular weight excluding hydrogens is 286 g/mol. The van der Waals surface area contributed by atoms with E-state index in [9.17, 15) is 14.7 Å². The van der Waals surface area contributed by atoms with Gasteiger partial charge in [-0.15, -0.1) is 0 Å². The topological polar surface area (TPSA) is 87.7 Å². The summed E-state index contributed by atoms with van der Waals surface area (Å²) in [6.07, 6.45) is 0. The van der Waals surface area contributed by atoms with Crippen LogP contribution in [0.25, 0.3) is 0 Å². The zero-order chi connectivity index (χ0) is 15.5. The number of aromatic carboxylic acids is 1. The molecule has 3 rings (SSSR count). The minimum atomic E-state index is -1.26. The summed E-state index contributed by atoms with van der Waals surface area (Å²) in [5.74, 6) is -0.435. The zero-order valence-corrected chi connectivity index (χ0v) is 11.5. The molecule has 0 aromatic heterocycles. The number of fused-ring (bicyclic) bond motifs is 1. The fourth-order valence-electron chi connectivity index (χ4n) is 2.08. The van der Waals surface area contributed by atoms with Crippen molar-refractivity contribution >= 4 is 17.6 Å². The van der Waals surface area contributed by atoms with Gasteiger partial charge in [0.2, 0.25) is 0 Å². The quantitative estimate of drug-likeness (QED) is 0.916. The second-order valence-electron chi connectivity index (χ2n) is 4.68. The molecule has 6 nitrogen and oxygen atoms in total. The number of nitrogens with one attached hydrogen (secondary N) is 1. The number of carbonyl (C=O) groups excluding carboxylic acids is 2. The summed E-state index contributed by atoms with van der Waals surface area (Å²) < 4.78 is 10.8. The normalized spacial score (nSPS) is 12.5. The minimum absolute atomic E-state index is 0.0531. The third kappa shape index (κ3) is 2.85. The molecule has 0 saturated carbocycles. The minimum Gasteiger partial charge on any atom is -0.545 e. The summed E-state index contributed by atoms with van der Waals surface area (Å²) in [5.41, 5.74) is 0.968. The molecule has 0 bridgehead atoms. The number of carboxylic acids is 1. The standard InChI is InChI=1S/C16H13NO5/c18-15(17-12-4-1-10(2-5-12)16(19)20)11-3-6-13-14(9-11)22-8-7-21-13/h1-6,9H,7-8H2,(H,17,18)(H,19,20)/p-1. The van der Waals surface area contributed by atoms with E-state index in [1.807, 2.05) is 0 Å². The van der Waals surface area contributed by atoms with Gasteiger partial charge in [-0.05, 0) is 35.9 Å². The van der Waals surface area contributed by atoms with Crippen LogP contribution in [-0.4, -0.2) is 25.1 Å². The predicted octanol–water partition coefficient (Wildman–Crippen LogP) is 1.07. The van der Waals surface area contributed by atoms with E-state index in [2.05, 4.69) is 5.32 Å². The van der Waals surface area contributed by atoms with E-state index in [-0.39, 0.29) is 11.5 Å². The molecule has 0 saturated heterocycles. The molecule has 1 heterocycles. The molecule has 6 heteroatoms. The molecule has 0 fully saturated rings. The highest BCUT2D eigenvalue weighted by Crippen LogP contribution is 2.30. The number of anilines is 1. The van der Waals surface area contributed by atoms with Crippen molar-refractivity contribution in [2.45, 2.75) is 0 Å². The van der Waals surface area contributed by atoms with Crippen LogP contribution in [0.4, 0.5) is 5.69 Å². The molecular formula is C16H12NO5-. The largest absolute Gasteiger partial charge is 0.545 e. The van der Waals surface area contributed by atoms with E-state index in [0.29, 0.717) is 36.0 Å². The monoisotopic (exact) mass is 298 g/mol. The number of hydrogen-bond donors (Lipinski definition) is 1. The Labute approximate surface area is 126 Å². The Morgan fingerprint density at radius 2 is 1.55 bits per heavy atom. The second-order valence-corrected chi connectivity index (χ2v) is 4.68. The van der Waals surface area contributed by atoms with Crippen LogP contribution < -0.4 is 19.9 Å². The van der Waals surface area contributed by atoms with Crippen molar-refractivity contribution in [3.63, 3.8) is 0 Å². The van der Waals surface area contributed by atoms with Gasteiger partial charge in [0, 0.05) is 11.3 Å². The molecule has 1 aliphatic rings. The molecule has 0 atom stereocenters. The van der Waals surface area contributed by atoms with Crippen LogP contribution >= 0.6 is 0 Å². The van der Waals surface area contributed by atoms with Crippen molar-refractivity contribution in [1.82, 2.24) is 0 Å². The lowest BCUT2D eigenvalue weighted by Gasteiger charge is -2.18. The van der Waals surface area contributed by atoms with E-state index >= 15 is 0 Å². The van der Waals surface area contributed by atoms with Crippen molar-refractivity contribution in [1.29, 1.82) is 0 Å². The van der Waals surface area contributed by atoms with Crippen molar-refractivity contribution in [3.8, 4) is 11.5 Å². The molecule has 2 aromatic carbocycles. The Morgan fingerprint density at radius 3 is 2.23 bits per heavy atom. The molecule has 0 spiro atoms. The lowest BCUT2D eigenvalue weighted by atomic mass is 10.1. The number of carbonyl (C=O) groups is 2. The first kappa shape index (κ1) is 13.9. The van der Waals surface area contributed by atoms with Crippen LogP contribution in [0.2, 0.25) is 0 Å². The van der Waals surface area contributed by atoms with Crippen LogP contribution in [0.1, 0.15) is 20.7 Å². The number of ether oxygens (including phenoxy) is 2. The molecule has 0 radical (unpaired) electrons. The lowest BCUT2D eigenvalue weighted by Crippen LogP contribution is -2.22. The molecule has 1 aliphatic heterocycles. The lowest BCUT2D eigenvalue weighted by molar-refractivity contribution is -0.255. The Hall–Kier alpha value is -3.02. The van der Waals surface area contributed by atoms with Gasteiger partial charge in [0.15, 0.2) is 11.5 Å². The van der Waals surface area contributed by atoms with E-state index in [1.54, 1.807) is 18.2 Å². The molecule has 1 amide bonds. The van der Waals surface area contributed by atoms with E-state index in [0.717, 1.165) is 0 Å². The summed E-state index contributed by atoms with van der Waals surface area (Å²) in [4.78, 5) is 22.9. The van der Waals surface area contributed by atoms with Gasteiger partial charge >= 0.3 is 0 Å². The van der Waals surface area contributed by atoms with Gasteiger partial charge in [-0.2, -0.15) is 0 Å². The second kappa shape index (κ2) is 5.77. The van der Waals surface area contributed by atoms with Gasteiger partial charge < -0.3 is 24.7 Å². The Bertz CT molecular complexity index is 724. The van der Waals surface area contributed by atoms with Gasteiger partial charge in [-0.3, -0.25) is 4.79 Å². The third-order valence-corrected chi connectivity index (χ3v) is 3.18. The van der Waals surface area contributed by atoms with Gasteiger partial charge in [0.1, 0.15) is 13.2 Å². The van der Waals surface area contributed by atoms with Crippen molar-refractivity contribution in [2.24, 2.45) is 0 Å². The molecule has 0 unspecified atom stereocenters. The Morgan fingerprint density at radius 1 is 0.909 bits per heavy atom. The molecule has 0 aliphatic carbocycles. The van der Waals surface area contributed by atoms with E-state index in [4.69, 9.17) is 9.47 Å². The number of benzene rings is 2. The maximum absolute atomic E-state index is 12.2. The van der Waals surface area contributed by atoms with E-state index in [1.165, 1.54) is 24.3 Å². The first-order chi connectivity index (χ1) is 10.6. The molecule has 112 valence electrons. The highest BCUT2D eigenvalue weighted by atomic mass is 16.6. The van der Waals surface area contributed by atoms with Crippen LogP contribution in [0.15, 0.2) is 42.5 Å². The Balaban J connectivity index is 1.75. The number of hydrogen-bond acceptors (Lipinski definition) is 5. The predicted molar refractivity (Wildman–Crippen MR) is 76.2 cm³/mol. The fraction of sp³-hybridized carbons (Fsp3) is 0.125. The van der Waals surface area contributed by atoms with Crippen LogP contribution in [0, 0.1) is 0 Å². The zero-order valence-electron chi connectivity index (χ0n) is 11.5. The molecule has 22 heavy (non-hydrogen) atoms. The van der Waals surface area contributed by atoms with Crippen LogP contribution in [0.5, 0.6) is 11.5 Å². The average molecular weight is 298 g/mol. The summed E-state index contributed by atoms with van der Waals surface area (Å²) in [6, 6.07) is 10.7. The maximum atomic E-state index is 12.2. The highest BCUT2D eigenvalue weighted by molar-refractivity contribution is 6.04. The van der Waals surface area contributed by atoms with Gasteiger partial charge in [0.25, 0.3) is 5.91 Å². The van der Waals surface area contributed by atoms with Crippen molar-refractivity contribution < 1.29 is 24.2 Å². The number of carboxylic acid groups (broad SMARTS) is 1. The van der Waals surface area contributed by atoms with Crippen LogP contribution in [0.3, 0.4) is 0 Å².